The van der Waals surface area contributed by atoms with E-state index in [1.54, 1.807) is 50.2 Å². The van der Waals surface area contributed by atoms with E-state index in [9.17, 15) is 14.9 Å². The molecule has 2 atom stereocenters. The number of non-ortho nitro benzene ring substituents is 1. The molecule has 1 aromatic carbocycles. The van der Waals surface area contributed by atoms with Crippen LogP contribution < -0.4 is 10.6 Å². The summed E-state index contributed by atoms with van der Waals surface area (Å²) in [6, 6.07) is 5.34. The van der Waals surface area contributed by atoms with Crippen LogP contribution >= 0.6 is 12.4 Å². The topological polar surface area (TPSA) is 102 Å². The highest BCUT2D eigenvalue weighted by Crippen LogP contribution is 2.20. The summed E-state index contributed by atoms with van der Waals surface area (Å²) in [6.45, 7) is 1.78. The second kappa shape index (κ2) is 8.42. The summed E-state index contributed by atoms with van der Waals surface area (Å²) >= 11 is 0. The van der Waals surface area contributed by atoms with Gasteiger partial charge in [0.15, 0.2) is 0 Å². The number of nitro groups is 1. The van der Waals surface area contributed by atoms with Crippen molar-refractivity contribution in [3.8, 4) is 0 Å². The van der Waals surface area contributed by atoms with Gasteiger partial charge in [-0.1, -0.05) is 12.1 Å². The Kier molecular flexibility index (Phi) is 6.87. The van der Waals surface area contributed by atoms with Crippen molar-refractivity contribution < 1.29 is 9.72 Å². The first kappa shape index (κ1) is 19.6. The summed E-state index contributed by atoms with van der Waals surface area (Å²) in [5, 5.41) is 20.7. The molecule has 2 unspecified atom stereocenters. The molecular weight excluding hydrogens is 334 g/mol. The second-order valence-electron chi connectivity index (χ2n) is 5.25. The molecule has 1 amide bonds. The molecule has 24 heavy (non-hydrogen) atoms. The van der Waals surface area contributed by atoms with Crippen molar-refractivity contribution in [2.24, 2.45) is 7.05 Å². The lowest BCUT2D eigenvalue weighted by atomic mass is 10.1. The molecule has 0 saturated heterocycles. The Morgan fingerprint density at radius 1 is 1.38 bits per heavy atom. The molecule has 2 N–H and O–H groups in total. The van der Waals surface area contributed by atoms with Crippen LogP contribution in [0, 0.1) is 10.1 Å². The monoisotopic (exact) mass is 353 g/mol. The number of aromatic nitrogens is 2. The molecule has 0 spiro atoms. The molecular formula is C15H20ClN5O3. The van der Waals surface area contributed by atoms with Gasteiger partial charge in [-0.25, -0.2) is 0 Å². The number of amides is 1. The van der Waals surface area contributed by atoms with Crippen LogP contribution in [-0.2, 0) is 11.8 Å². The molecule has 0 bridgehead atoms. The molecule has 0 aliphatic heterocycles. The number of carbonyl (C=O) groups excluding carboxylic acids is 1. The molecule has 8 nitrogen and oxygen atoms in total. The minimum absolute atomic E-state index is 0. The first-order valence-corrected chi connectivity index (χ1v) is 7.13. The molecule has 9 heteroatoms. The highest BCUT2D eigenvalue weighted by molar-refractivity contribution is 5.85. The summed E-state index contributed by atoms with van der Waals surface area (Å²) in [6.07, 6.45) is 3.39. The minimum Gasteiger partial charge on any atom is -0.348 e. The number of halogens is 1. The summed E-state index contributed by atoms with van der Waals surface area (Å²) in [7, 11) is 3.47. The van der Waals surface area contributed by atoms with Gasteiger partial charge >= 0.3 is 0 Å². The Balaban J connectivity index is 0.00000288. The number of aryl methyl sites for hydroxylation is 1. The average Bonchev–Trinajstić information content (AvgIpc) is 2.94. The van der Waals surface area contributed by atoms with Crippen molar-refractivity contribution in [1.82, 2.24) is 20.4 Å². The Bertz CT molecular complexity index is 719. The van der Waals surface area contributed by atoms with E-state index >= 15 is 0 Å². The van der Waals surface area contributed by atoms with Gasteiger partial charge in [0, 0.05) is 30.9 Å². The highest BCUT2D eigenvalue weighted by Gasteiger charge is 2.22. The third kappa shape index (κ3) is 4.53. The molecule has 0 aliphatic rings. The summed E-state index contributed by atoms with van der Waals surface area (Å²) in [4.78, 5) is 22.8. The number of hydrogen-bond acceptors (Lipinski definition) is 5. The Hall–Kier alpha value is -2.45. The molecule has 0 radical (unpaired) electrons. The standard InChI is InChI=1S/C15H19N5O3.ClH/c1-10(11-5-4-6-13(7-11)20(22)23)18-15(21)14(16-2)12-8-17-19(3)9-12;/h4-10,14,16H,1-3H3,(H,18,21);1H. The Morgan fingerprint density at radius 2 is 2.08 bits per heavy atom. The zero-order chi connectivity index (χ0) is 17.0. The smallest absolute Gasteiger partial charge is 0.269 e. The second-order valence-corrected chi connectivity index (χ2v) is 5.25. The van der Waals surface area contributed by atoms with E-state index in [4.69, 9.17) is 0 Å². The molecule has 2 rings (SSSR count). The first-order chi connectivity index (χ1) is 10.9. The molecule has 1 heterocycles. The lowest BCUT2D eigenvalue weighted by molar-refractivity contribution is -0.384. The SMILES string of the molecule is CNC(C(=O)NC(C)c1cccc([N+](=O)[O-])c1)c1cnn(C)c1.Cl. The maximum Gasteiger partial charge on any atom is 0.269 e. The maximum atomic E-state index is 12.4. The van der Waals surface area contributed by atoms with Crippen LogP contribution in [-0.4, -0.2) is 27.7 Å². The van der Waals surface area contributed by atoms with E-state index in [2.05, 4.69) is 15.7 Å². The molecule has 2 aromatic rings. The van der Waals surface area contributed by atoms with Crippen molar-refractivity contribution in [2.45, 2.75) is 19.0 Å². The van der Waals surface area contributed by atoms with E-state index in [-0.39, 0.29) is 30.0 Å². The molecule has 1 aromatic heterocycles. The maximum absolute atomic E-state index is 12.4. The van der Waals surface area contributed by atoms with Crippen LogP contribution in [0.15, 0.2) is 36.7 Å². The van der Waals surface area contributed by atoms with Crippen molar-refractivity contribution in [3.63, 3.8) is 0 Å². The number of carbonyl (C=O) groups is 1. The normalized spacial score (nSPS) is 12.8. The zero-order valence-electron chi connectivity index (χ0n) is 13.6. The summed E-state index contributed by atoms with van der Waals surface area (Å²) < 4.78 is 1.62. The number of rotatable bonds is 6. The van der Waals surface area contributed by atoms with E-state index in [1.165, 1.54) is 12.1 Å². The van der Waals surface area contributed by atoms with Gasteiger partial charge in [-0.05, 0) is 19.5 Å². The largest absolute Gasteiger partial charge is 0.348 e. The first-order valence-electron chi connectivity index (χ1n) is 7.13. The van der Waals surface area contributed by atoms with Gasteiger partial charge in [0.2, 0.25) is 5.91 Å². The van der Waals surface area contributed by atoms with Crippen LogP contribution in [0.5, 0.6) is 0 Å². The number of hydrogen-bond donors (Lipinski definition) is 2. The van der Waals surface area contributed by atoms with E-state index in [0.717, 1.165) is 5.56 Å². The number of likely N-dealkylation sites (N-methyl/N-ethyl adjacent to an activating group) is 1. The van der Waals surface area contributed by atoms with Crippen molar-refractivity contribution >= 4 is 24.0 Å². The van der Waals surface area contributed by atoms with Crippen LogP contribution in [0.25, 0.3) is 0 Å². The van der Waals surface area contributed by atoms with Crippen molar-refractivity contribution in [3.05, 3.63) is 57.9 Å². The molecule has 0 saturated carbocycles. The lowest BCUT2D eigenvalue weighted by Crippen LogP contribution is -2.37. The van der Waals surface area contributed by atoms with Gasteiger partial charge in [-0.15, -0.1) is 12.4 Å². The summed E-state index contributed by atoms with van der Waals surface area (Å²) in [5.74, 6) is -0.223. The molecule has 0 fully saturated rings. The third-order valence-electron chi connectivity index (χ3n) is 3.55. The molecule has 0 aliphatic carbocycles. The van der Waals surface area contributed by atoms with E-state index in [1.807, 2.05) is 0 Å². The lowest BCUT2D eigenvalue weighted by Gasteiger charge is -2.19. The highest BCUT2D eigenvalue weighted by atomic mass is 35.5. The fourth-order valence-corrected chi connectivity index (χ4v) is 2.33. The predicted octanol–water partition coefficient (Wildman–Crippen LogP) is 1.89. The Morgan fingerprint density at radius 3 is 2.62 bits per heavy atom. The minimum atomic E-state index is -0.537. The fourth-order valence-electron chi connectivity index (χ4n) is 2.33. The van der Waals surface area contributed by atoms with Gasteiger partial charge in [-0.2, -0.15) is 5.10 Å². The predicted molar refractivity (Wildman–Crippen MR) is 91.9 cm³/mol. The van der Waals surface area contributed by atoms with Crippen LogP contribution in [0.3, 0.4) is 0 Å². The number of nitro benzene ring substituents is 1. The number of benzene rings is 1. The Labute approximate surface area is 145 Å². The summed E-state index contributed by atoms with van der Waals surface area (Å²) in [5.41, 5.74) is 1.42. The van der Waals surface area contributed by atoms with Gasteiger partial charge < -0.3 is 10.6 Å². The van der Waals surface area contributed by atoms with E-state index < -0.39 is 11.0 Å². The van der Waals surface area contributed by atoms with Gasteiger partial charge in [-0.3, -0.25) is 19.6 Å². The van der Waals surface area contributed by atoms with Gasteiger partial charge in [0.25, 0.3) is 5.69 Å². The fraction of sp³-hybridized carbons (Fsp3) is 0.333. The zero-order valence-corrected chi connectivity index (χ0v) is 14.4. The quantitative estimate of drug-likeness (QED) is 0.610. The molecule has 130 valence electrons. The van der Waals surface area contributed by atoms with Crippen LogP contribution in [0.4, 0.5) is 5.69 Å². The van der Waals surface area contributed by atoms with Crippen molar-refractivity contribution in [2.75, 3.05) is 7.05 Å². The van der Waals surface area contributed by atoms with E-state index in [0.29, 0.717) is 5.56 Å². The van der Waals surface area contributed by atoms with Gasteiger partial charge in [0.1, 0.15) is 6.04 Å². The van der Waals surface area contributed by atoms with Gasteiger partial charge in [0.05, 0.1) is 17.2 Å². The van der Waals surface area contributed by atoms with Crippen LogP contribution in [0.1, 0.15) is 30.1 Å². The number of nitrogens with one attached hydrogen (secondary N) is 2. The third-order valence-corrected chi connectivity index (χ3v) is 3.55. The van der Waals surface area contributed by atoms with Crippen LogP contribution in [0.2, 0.25) is 0 Å². The van der Waals surface area contributed by atoms with Crippen molar-refractivity contribution in [1.29, 1.82) is 0 Å². The average molecular weight is 354 g/mol. The number of nitrogens with zero attached hydrogens (tertiary/aromatic N) is 3.